The molecule has 1 N–H and O–H groups in total. The van der Waals surface area contributed by atoms with Crippen molar-refractivity contribution in [2.45, 2.75) is 31.7 Å². The quantitative estimate of drug-likeness (QED) is 0.923. The van der Waals surface area contributed by atoms with Crippen LogP contribution in [-0.2, 0) is 0 Å². The highest BCUT2D eigenvalue weighted by molar-refractivity contribution is 8.14. The molecule has 0 spiro atoms. The van der Waals surface area contributed by atoms with Crippen LogP contribution in [0, 0.1) is 5.92 Å². The molecular weight excluding hydrogens is 284 g/mol. The molecule has 0 saturated heterocycles. The lowest BCUT2D eigenvalue weighted by Gasteiger charge is -2.32. The summed E-state index contributed by atoms with van der Waals surface area (Å²) in [6.07, 6.45) is 5.25. The molecule has 1 aliphatic carbocycles. The number of anilines is 1. The van der Waals surface area contributed by atoms with Crippen LogP contribution in [-0.4, -0.2) is 31.2 Å². The molecule has 1 fully saturated rings. The second-order valence-electron chi connectivity index (χ2n) is 5.55. The van der Waals surface area contributed by atoms with Crippen LogP contribution in [0.3, 0.4) is 0 Å². The van der Waals surface area contributed by atoms with E-state index in [0.717, 1.165) is 28.3 Å². The molecule has 1 saturated carbocycles. The van der Waals surface area contributed by atoms with Crippen LogP contribution in [0.25, 0.3) is 0 Å². The summed E-state index contributed by atoms with van der Waals surface area (Å²) >= 11 is 1.82. The van der Waals surface area contributed by atoms with Gasteiger partial charge in [0.1, 0.15) is 11.5 Å². The lowest BCUT2D eigenvalue weighted by Crippen LogP contribution is -2.31. The van der Waals surface area contributed by atoms with Crippen molar-refractivity contribution in [2.75, 3.05) is 25.3 Å². The average molecular weight is 306 g/mol. The lowest BCUT2D eigenvalue weighted by molar-refractivity contribution is 0.336. The fourth-order valence-electron chi connectivity index (χ4n) is 3.01. The number of amidine groups is 1. The molecule has 21 heavy (non-hydrogen) atoms. The summed E-state index contributed by atoms with van der Waals surface area (Å²) in [6.45, 7) is 0. The first-order chi connectivity index (χ1) is 10.3. The van der Waals surface area contributed by atoms with Crippen molar-refractivity contribution in [1.82, 2.24) is 0 Å². The third-order valence-corrected chi connectivity index (χ3v) is 5.31. The van der Waals surface area contributed by atoms with Gasteiger partial charge in [0.2, 0.25) is 0 Å². The first-order valence-corrected chi connectivity index (χ1v) is 8.48. The molecule has 1 aromatic rings. The molecule has 0 bridgehead atoms. The Balaban J connectivity index is 1.75. The lowest BCUT2D eigenvalue weighted by atomic mass is 9.86. The highest BCUT2D eigenvalue weighted by Gasteiger charge is 2.29. The topological polar surface area (TPSA) is 42.8 Å². The largest absolute Gasteiger partial charge is 0.497 e. The summed E-state index contributed by atoms with van der Waals surface area (Å²) < 4.78 is 10.7. The van der Waals surface area contributed by atoms with E-state index in [4.69, 9.17) is 14.5 Å². The Morgan fingerprint density at radius 2 is 2.05 bits per heavy atom. The predicted molar refractivity (Wildman–Crippen MR) is 88.8 cm³/mol. The van der Waals surface area contributed by atoms with Gasteiger partial charge in [-0.25, -0.2) is 0 Å². The number of aliphatic imine (C=N–C) groups is 1. The van der Waals surface area contributed by atoms with E-state index in [-0.39, 0.29) is 0 Å². The molecule has 114 valence electrons. The number of benzene rings is 1. The van der Waals surface area contributed by atoms with Gasteiger partial charge in [-0.2, -0.15) is 0 Å². The molecule has 3 rings (SSSR count). The number of hydrogen-bond donors (Lipinski definition) is 1. The van der Waals surface area contributed by atoms with E-state index in [2.05, 4.69) is 5.32 Å². The fourth-order valence-corrected chi connectivity index (χ4v) is 4.16. The first kappa shape index (κ1) is 14.6. The standard InChI is InChI=1S/C16H22N2O2S/c1-19-12-7-8-14(15(9-12)20-2)18-16-17-13-6-4-3-5-11(13)10-21-16/h7-9,11,13H,3-6,10H2,1-2H3,(H,17,18). The number of rotatable bonds is 3. The Bertz CT molecular complexity index is 533. The van der Waals surface area contributed by atoms with Gasteiger partial charge in [0.25, 0.3) is 0 Å². The van der Waals surface area contributed by atoms with Gasteiger partial charge in [0, 0.05) is 11.8 Å². The summed E-state index contributed by atoms with van der Waals surface area (Å²) in [6, 6.07) is 6.31. The van der Waals surface area contributed by atoms with Crippen molar-refractivity contribution in [3.8, 4) is 11.5 Å². The fraction of sp³-hybridized carbons (Fsp3) is 0.562. The maximum Gasteiger partial charge on any atom is 0.161 e. The molecule has 1 aromatic carbocycles. The van der Waals surface area contributed by atoms with Crippen LogP contribution >= 0.6 is 11.8 Å². The maximum absolute atomic E-state index is 5.43. The molecule has 1 heterocycles. The molecule has 5 heteroatoms. The van der Waals surface area contributed by atoms with Gasteiger partial charge in [0.15, 0.2) is 5.17 Å². The second-order valence-corrected chi connectivity index (χ2v) is 6.56. The Labute approximate surface area is 130 Å². The van der Waals surface area contributed by atoms with Crippen molar-refractivity contribution >= 4 is 22.6 Å². The van der Waals surface area contributed by atoms with Gasteiger partial charge < -0.3 is 14.8 Å². The number of nitrogens with one attached hydrogen (secondary N) is 1. The van der Waals surface area contributed by atoms with Gasteiger partial charge >= 0.3 is 0 Å². The molecule has 4 nitrogen and oxygen atoms in total. The summed E-state index contributed by atoms with van der Waals surface area (Å²) in [5.41, 5.74) is 0.943. The smallest absolute Gasteiger partial charge is 0.161 e. The summed E-state index contributed by atoms with van der Waals surface area (Å²) in [5.74, 6) is 3.52. The zero-order valence-corrected chi connectivity index (χ0v) is 13.4. The van der Waals surface area contributed by atoms with E-state index in [9.17, 15) is 0 Å². The second kappa shape index (κ2) is 6.60. The zero-order valence-electron chi connectivity index (χ0n) is 12.6. The third kappa shape index (κ3) is 3.28. The minimum Gasteiger partial charge on any atom is -0.497 e. The molecule has 2 unspecified atom stereocenters. The van der Waals surface area contributed by atoms with Crippen LogP contribution in [0.1, 0.15) is 25.7 Å². The Hall–Kier alpha value is -1.36. The van der Waals surface area contributed by atoms with Crippen LogP contribution in [0.5, 0.6) is 11.5 Å². The van der Waals surface area contributed by atoms with E-state index >= 15 is 0 Å². The number of fused-ring (bicyclic) bond motifs is 1. The van der Waals surface area contributed by atoms with E-state index in [1.54, 1.807) is 14.2 Å². The minimum absolute atomic E-state index is 0.506. The van der Waals surface area contributed by atoms with Crippen molar-refractivity contribution in [3.05, 3.63) is 18.2 Å². The van der Waals surface area contributed by atoms with E-state index in [1.807, 2.05) is 30.0 Å². The van der Waals surface area contributed by atoms with E-state index in [0.29, 0.717) is 6.04 Å². The van der Waals surface area contributed by atoms with Gasteiger partial charge in [-0.05, 0) is 30.9 Å². The summed E-state index contributed by atoms with van der Waals surface area (Å²) in [7, 11) is 3.33. The minimum atomic E-state index is 0.506. The van der Waals surface area contributed by atoms with Crippen LogP contribution in [0.2, 0.25) is 0 Å². The average Bonchev–Trinajstić information content (AvgIpc) is 2.55. The molecule has 0 amide bonds. The predicted octanol–water partition coefficient (Wildman–Crippen LogP) is 3.78. The highest BCUT2D eigenvalue weighted by Crippen LogP contribution is 2.36. The van der Waals surface area contributed by atoms with E-state index in [1.165, 1.54) is 31.4 Å². The SMILES string of the molecule is COc1ccc(NC2=NC3CCCCC3CS2)c(OC)c1. The van der Waals surface area contributed by atoms with Gasteiger partial charge in [-0.3, -0.25) is 4.99 Å². The number of thioether (sulfide) groups is 1. The Morgan fingerprint density at radius 1 is 1.19 bits per heavy atom. The monoisotopic (exact) mass is 306 g/mol. The summed E-state index contributed by atoms with van der Waals surface area (Å²) in [5, 5.41) is 4.43. The third-order valence-electron chi connectivity index (χ3n) is 4.24. The van der Waals surface area contributed by atoms with Crippen molar-refractivity contribution in [3.63, 3.8) is 0 Å². The molecular formula is C16H22N2O2S. The highest BCUT2D eigenvalue weighted by atomic mass is 32.2. The van der Waals surface area contributed by atoms with Crippen LogP contribution in [0.15, 0.2) is 23.2 Å². The summed E-state index contributed by atoms with van der Waals surface area (Å²) in [4.78, 5) is 4.90. The van der Waals surface area contributed by atoms with Crippen LogP contribution in [0.4, 0.5) is 5.69 Å². The first-order valence-electron chi connectivity index (χ1n) is 7.50. The molecule has 0 radical (unpaired) electrons. The van der Waals surface area contributed by atoms with Crippen LogP contribution < -0.4 is 14.8 Å². The maximum atomic E-state index is 5.43. The van der Waals surface area contributed by atoms with Gasteiger partial charge in [0.05, 0.1) is 25.9 Å². The Kier molecular flexibility index (Phi) is 4.58. The van der Waals surface area contributed by atoms with Gasteiger partial charge in [-0.1, -0.05) is 24.6 Å². The normalized spacial score (nSPS) is 24.8. The molecule has 0 aromatic heterocycles. The number of nitrogens with zero attached hydrogens (tertiary/aromatic N) is 1. The van der Waals surface area contributed by atoms with Crippen molar-refractivity contribution in [2.24, 2.45) is 10.9 Å². The molecule has 1 aliphatic heterocycles. The van der Waals surface area contributed by atoms with Crippen molar-refractivity contribution < 1.29 is 9.47 Å². The number of hydrogen-bond acceptors (Lipinski definition) is 5. The number of methoxy groups -OCH3 is 2. The number of ether oxygens (including phenoxy) is 2. The van der Waals surface area contributed by atoms with Gasteiger partial charge in [-0.15, -0.1) is 0 Å². The van der Waals surface area contributed by atoms with Crippen molar-refractivity contribution in [1.29, 1.82) is 0 Å². The Morgan fingerprint density at radius 3 is 2.86 bits per heavy atom. The van der Waals surface area contributed by atoms with E-state index < -0.39 is 0 Å². The molecule has 2 aliphatic rings. The molecule has 2 atom stereocenters. The zero-order chi connectivity index (χ0) is 14.7.